The van der Waals surface area contributed by atoms with Gasteiger partial charge in [0.15, 0.2) is 12.0 Å². The van der Waals surface area contributed by atoms with Crippen LogP contribution in [0.4, 0.5) is 5.82 Å². The number of aromatic nitrogens is 2. The number of amides is 1. The fourth-order valence-corrected chi connectivity index (χ4v) is 3.18. The maximum absolute atomic E-state index is 12.6. The number of benzene rings is 1. The maximum Gasteiger partial charge on any atom is 0.262 e. The van der Waals surface area contributed by atoms with Crippen LogP contribution in [-0.4, -0.2) is 25.7 Å². The highest BCUT2D eigenvalue weighted by Crippen LogP contribution is 2.39. The molecule has 1 unspecified atom stereocenters. The number of fused-ring (bicyclic) bond motifs is 2. The van der Waals surface area contributed by atoms with E-state index in [1.807, 2.05) is 6.07 Å². The molecular weight excluding hydrogens is 332 g/mol. The summed E-state index contributed by atoms with van der Waals surface area (Å²) < 4.78 is 1.22. The summed E-state index contributed by atoms with van der Waals surface area (Å²) in [4.78, 5) is 13.7. The number of hydrogen-bond acceptors (Lipinski definition) is 5. The van der Waals surface area contributed by atoms with Gasteiger partial charge in [-0.05, 0) is 6.07 Å². The number of rotatable bonds is 1. The second-order valence-corrected chi connectivity index (χ2v) is 5.69. The summed E-state index contributed by atoms with van der Waals surface area (Å²) in [6, 6.07) is 9.89. The minimum Gasteiger partial charge on any atom is -0.506 e. The molecule has 0 radical (unpaired) electrons. The third kappa shape index (κ3) is 1.81. The number of carbonyl (C=O) groups excluding carboxylic acids is 1. The van der Waals surface area contributed by atoms with Gasteiger partial charge in [0.05, 0.1) is 11.2 Å². The summed E-state index contributed by atoms with van der Waals surface area (Å²) in [6.07, 6.45) is 0.0177. The van der Waals surface area contributed by atoms with E-state index >= 15 is 0 Å². The van der Waals surface area contributed by atoms with Gasteiger partial charge in [0.2, 0.25) is 0 Å². The second-order valence-electron chi connectivity index (χ2n) is 5.29. The maximum atomic E-state index is 12.6. The number of nitrogens with zero attached hydrogens (tertiary/aromatic N) is 4. The predicted molar refractivity (Wildman–Crippen MR) is 84.8 cm³/mol. The van der Waals surface area contributed by atoms with E-state index in [-0.39, 0.29) is 27.7 Å². The first-order valence-electron chi connectivity index (χ1n) is 6.94. The SMILES string of the molecule is N#Cc1c(N2C(=O)c3ccccc3C2O)nn2cc(O)cc(Cl)c12. The van der Waals surface area contributed by atoms with E-state index in [1.165, 1.54) is 16.8 Å². The predicted octanol–water partition coefficient (Wildman–Crippen LogP) is 2.22. The number of aliphatic hydroxyl groups is 1. The lowest BCUT2D eigenvalue weighted by atomic mass is 10.1. The number of aliphatic hydroxyl groups excluding tert-OH is 1. The van der Waals surface area contributed by atoms with Crippen molar-refractivity contribution >= 4 is 28.8 Å². The topological polar surface area (TPSA) is 102 Å². The van der Waals surface area contributed by atoms with Crippen molar-refractivity contribution in [2.45, 2.75) is 6.23 Å². The smallest absolute Gasteiger partial charge is 0.262 e. The summed E-state index contributed by atoms with van der Waals surface area (Å²) in [6.45, 7) is 0. The number of hydrogen-bond donors (Lipinski definition) is 2. The van der Waals surface area contributed by atoms with E-state index < -0.39 is 12.1 Å². The molecule has 8 heteroatoms. The van der Waals surface area contributed by atoms with Gasteiger partial charge < -0.3 is 10.2 Å². The summed E-state index contributed by atoms with van der Waals surface area (Å²) in [7, 11) is 0. The Hall–Kier alpha value is -3.08. The number of anilines is 1. The molecule has 24 heavy (non-hydrogen) atoms. The quantitative estimate of drug-likeness (QED) is 0.707. The Labute approximate surface area is 140 Å². The molecule has 4 rings (SSSR count). The minimum atomic E-state index is -1.25. The van der Waals surface area contributed by atoms with Crippen molar-refractivity contribution in [2.24, 2.45) is 0 Å². The zero-order valence-corrected chi connectivity index (χ0v) is 12.8. The molecule has 7 nitrogen and oxygen atoms in total. The number of halogens is 1. The molecule has 2 aromatic heterocycles. The molecule has 1 amide bonds. The summed E-state index contributed by atoms with van der Waals surface area (Å²) in [5.41, 5.74) is 1.08. The third-order valence-electron chi connectivity index (χ3n) is 3.92. The Bertz CT molecular complexity index is 1050. The van der Waals surface area contributed by atoms with Crippen LogP contribution in [0.3, 0.4) is 0 Å². The Balaban J connectivity index is 1.97. The minimum absolute atomic E-state index is 0.0151. The highest BCUT2D eigenvalue weighted by molar-refractivity contribution is 6.34. The van der Waals surface area contributed by atoms with Gasteiger partial charge in [-0.1, -0.05) is 29.8 Å². The lowest BCUT2D eigenvalue weighted by molar-refractivity contribution is 0.0933. The largest absolute Gasteiger partial charge is 0.506 e. The highest BCUT2D eigenvalue weighted by atomic mass is 35.5. The molecule has 1 aliphatic heterocycles. The number of aromatic hydroxyl groups is 1. The van der Waals surface area contributed by atoms with E-state index in [0.717, 1.165) is 4.90 Å². The van der Waals surface area contributed by atoms with Crippen LogP contribution in [0.1, 0.15) is 27.7 Å². The summed E-state index contributed by atoms with van der Waals surface area (Å²) in [5.74, 6) is -0.611. The van der Waals surface area contributed by atoms with Gasteiger partial charge >= 0.3 is 0 Å². The average molecular weight is 341 g/mol. The molecule has 2 N–H and O–H groups in total. The van der Waals surface area contributed by atoms with Gasteiger partial charge in [-0.3, -0.25) is 9.69 Å². The molecule has 3 aromatic rings. The zero-order valence-electron chi connectivity index (χ0n) is 12.0. The number of pyridine rings is 1. The van der Waals surface area contributed by atoms with Crippen LogP contribution in [-0.2, 0) is 0 Å². The van der Waals surface area contributed by atoms with Crippen molar-refractivity contribution in [3.05, 3.63) is 58.2 Å². The van der Waals surface area contributed by atoms with Crippen LogP contribution in [0.5, 0.6) is 5.75 Å². The average Bonchev–Trinajstić information content (AvgIpc) is 3.03. The number of nitriles is 1. The van der Waals surface area contributed by atoms with Crippen LogP contribution >= 0.6 is 11.6 Å². The molecule has 0 saturated carbocycles. The molecule has 0 spiro atoms. The first-order valence-corrected chi connectivity index (χ1v) is 7.32. The van der Waals surface area contributed by atoms with E-state index in [4.69, 9.17) is 11.6 Å². The molecule has 1 atom stereocenters. The van der Waals surface area contributed by atoms with Crippen molar-refractivity contribution in [1.82, 2.24) is 9.61 Å². The fourth-order valence-electron chi connectivity index (χ4n) is 2.89. The molecule has 1 aromatic carbocycles. The van der Waals surface area contributed by atoms with E-state index in [9.17, 15) is 20.3 Å². The lowest BCUT2D eigenvalue weighted by Gasteiger charge is -2.18. The van der Waals surface area contributed by atoms with E-state index in [2.05, 4.69) is 5.10 Å². The second kappa shape index (κ2) is 4.96. The Morgan fingerprint density at radius 2 is 2.08 bits per heavy atom. The van der Waals surface area contributed by atoms with Crippen LogP contribution in [0.25, 0.3) is 5.52 Å². The van der Waals surface area contributed by atoms with Gasteiger partial charge in [0.25, 0.3) is 5.91 Å². The molecule has 1 aliphatic rings. The van der Waals surface area contributed by atoms with Crippen LogP contribution in [0, 0.1) is 11.3 Å². The zero-order chi connectivity index (χ0) is 17.0. The van der Waals surface area contributed by atoms with Gasteiger partial charge in [0.1, 0.15) is 22.9 Å². The van der Waals surface area contributed by atoms with Crippen molar-refractivity contribution in [2.75, 3.05) is 4.90 Å². The van der Waals surface area contributed by atoms with Crippen LogP contribution < -0.4 is 4.90 Å². The Kier molecular flexibility index (Phi) is 3.00. The fraction of sp³-hybridized carbons (Fsp3) is 0.0625. The Morgan fingerprint density at radius 1 is 1.33 bits per heavy atom. The lowest BCUT2D eigenvalue weighted by Crippen LogP contribution is -2.28. The van der Waals surface area contributed by atoms with Gasteiger partial charge in [-0.15, -0.1) is 5.10 Å². The first kappa shape index (κ1) is 14.5. The summed E-state index contributed by atoms with van der Waals surface area (Å²) in [5, 5.41) is 33.9. The number of carbonyl (C=O) groups is 1. The molecule has 0 saturated heterocycles. The highest BCUT2D eigenvalue weighted by Gasteiger charge is 2.39. The first-order chi connectivity index (χ1) is 11.5. The van der Waals surface area contributed by atoms with Crippen molar-refractivity contribution in [3.63, 3.8) is 0 Å². The monoisotopic (exact) mass is 340 g/mol. The molecule has 0 fully saturated rings. The van der Waals surface area contributed by atoms with Crippen molar-refractivity contribution in [3.8, 4) is 11.8 Å². The normalized spacial score (nSPS) is 16.5. The van der Waals surface area contributed by atoms with Gasteiger partial charge in [0, 0.05) is 17.2 Å². The summed E-state index contributed by atoms with van der Waals surface area (Å²) >= 11 is 6.09. The van der Waals surface area contributed by atoms with Crippen molar-refractivity contribution in [1.29, 1.82) is 5.26 Å². The Morgan fingerprint density at radius 3 is 2.79 bits per heavy atom. The van der Waals surface area contributed by atoms with Crippen LogP contribution in [0.15, 0.2) is 36.5 Å². The van der Waals surface area contributed by atoms with Crippen molar-refractivity contribution < 1.29 is 15.0 Å². The third-order valence-corrected chi connectivity index (χ3v) is 4.21. The van der Waals surface area contributed by atoms with E-state index in [1.54, 1.807) is 24.3 Å². The van der Waals surface area contributed by atoms with Crippen LogP contribution in [0.2, 0.25) is 5.02 Å². The standard InChI is InChI=1S/C16H9ClN4O3/c17-12-5-8(22)7-20-13(12)11(6-18)14(19-20)21-15(23)9-3-1-2-4-10(9)16(21)24/h1-5,7,15,22-23H. The molecule has 0 aliphatic carbocycles. The van der Waals surface area contributed by atoms with E-state index in [0.29, 0.717) is 11.1 Å². The molecule has 0 bridgehead atoms. The molecule has 118 valence electrons. The van der Waals surface area contributed by atoms with Gasteiger partial charge in [-0.2, -0.15) is 5.26 Å². The molecule has 3 heterocycles. The van der Waals surface area contributed by atoms with Gasteiger partial charge in [-0.25, -0.2) is 4.52 Å². The molecular formula is C16H9ClN4O3.